The summed E-state index contributed by atoms with van der Waals surface area (Å²) in [6, 6.07) is 12.3. The predicted molar refractivity (Wildman–Crippen MR) is 119 cm³/mol. The van der Waals surface area contributed by atoms with E-state index in [1.54, 1.807) is 30.3 Å². The summed E-state index contributed by atoms with van der Waals surface area (Å²) in [7, 11) is 0. The van der Waals surface area contributed by atoms with E-state index in [0.29, 0.717) is 30.2 Å². The minimum atomic E-state index is -0.350. The number of carbonyl (C=O) groups is 2. The average molecular weight is 460 g/mol. The first-order valence-corrected chi connectivity index (χ1v) is 10.5. The smallest absolute Gasteiger partial charge is 0.338 e. The first-order chi connectivity index (χ1) is 14.0. The molecule has 0 aliphatic carbocycles. The Labute approximate surface area is 180 Å². The Balaban J connectivity index is 1.93. The van der Waals surface area contributed by atoms with Crippen LogP contribution in [0, 0.1) is 0 Å². The van der Waals surface area contributed by atoms with E-state index in [-0.39, 0.29) is 11.9 Å². The lowest BCUT2D eigenvalue weighted by molar-refractivity contribution is -0.111. The summed E-state index contributed by atoms with van der Waals surface area (Å²) in [4.78, 5) is 24.2. The summed E-state index contributed by atoms with van der Waals surface area (Å²) in [6.07, 6.45) is 6.13. The number of rotatable bonds is 10. The fourth-order valence-electron chi connectivity index (χ4n) is 2.58. The summed E-state index contributed by atoms with van der Waals surface area (Å²) in [5.74, 6) is 0.0841. The third-order valence-electron chi connectivity index (χ3n) is 4.06. The summed E-state index contributed by atoms with van der Waals surface area (Å²) < 4.78 is 11.7. The summed E-state index contributed by atoms with van der Waals surface area (Å²) in [5.41, 5.74) is 1.87. The van der Waals surface area contributed by atoms with E-state index in [2.05, 4.69) is 28.2 Å². The molecular formula is C23H26BrNO4. The molecule has 0 saturated carbocycles. The largest absolute Gasteiger partial charge is 0.493 e. The van der Waals surface area contributed by atoms with E-state index in [9.17, 15) is 9.59 Å². The Morgan fingerprint density at radius 2 is 1.83 bits per heavy atom. The molecule has 2 aromatic carbocycles. The van der Waals surface area contributed by atoms with Crippen molar-refractivity contribution in [1.82, 2.24) is 0 Å². The summed E-state index contributed by atoms with van der Waals surface area (Å²) in [5, 5.41) is 2.77. The van der Waals surface area contributed by atoms with E-state index in [1.807, 2.05) is 25.1 Å². The standard InChI is InChI=1S/C23H26BrNO4/c1-3-5-6-15-29-23(27)17-7-11-20(12-8-17)25-22(26)14-9-18-16-19(24)10-13-21(18)28-4-2/h7-14,16H,3-6,15H2,1-2H3,(H,25,26)/b14-9+. The Bertz CT molecular complexity index is 846. The van der Waals surface area contributed by atoms with Crippen LogP contribution in [0.25, 0.3) is 6.08 Å². The van der Waals surface area contributed by atoms with Gasteiger partial charge in [-0.15, -0.1) is 0 Å². The lowest BCUT2D eigenvalue weighted by Crippen LogP contribution is -2.09. The van der Waals surface area contributed by atoms with Gasteiger partial charge in [0.2, 0.25) is 5.91 Å². The monoisotopic (exact) mass is 459 g/mol. The maximum Gasteiger partial charge on any atom is 0.338 e. The number of amides is 1. The number of unbranched alkanes of at least 4 members (excludes halogenated alkanes) is 2. The van der Waals surface area contributed by atoms with Crippen molar-refractivity contribution in [2.75, 3.05) is 18.5 Å². The van der Waals surface area contributed by atoms with Crippen molar-refractivity contribution >= 4 is 39.6 Å². The van der Waals surface area contributed by atoms with Crippen molar-refractivity contribution in [3.8, 4) is 5.75 Å². The van der Waals surface area contributed by atoms with Gasteiger partial charge in [0.05, 0.1) is 18.8 Å². The van der Waals surface area contributed by atoms with Crippen molar-refractivity contribution in [3.63, 3.8) is 0 Å². The van der Waals surface area contributed by atoms with Crippen LogP contribution < -0.4 is 10.1 Å². The maximum absolute atomic E-state index is 12.2. The second-order valence-electron chi connectivity index (χ2n) is 6.36. The number of benzene rings is 2. The van der Waals surface area contributed by atoms with Gasteiger partial charge in [0.1, 0.15) is 5.75 Å². The highest BCUT2D eigenvalue weighted by atomic mass is 79.9. The molecule has 0 bridgehead atoms. The number of esters is 1. The van der Waals surface area contributed by atoms with Gasteiger partial charge in [-0.05, 0) is 61.9 Å². The molecule has 29 heavy (non-hydrogen) atoms. The predicted octanol–water partition coefficient (Wildman–Crippen LogP) is 5.85. The molecule has 1 N–H and O–H groups in total. The van der Waals surface area contributed by atoms with E-state index < -0.39 is 0 Å². The second kappa shape index (κ2) is 12.1. The van der Waals surface area contributed by atoms with Crippen LogP contribution >= 0.6 is 15.9 Å². The normalized spacial score (nSPS) is 10.7. The third-order valence-corrected chi connectivity index (χ3v) is 4.55. The fraction of sp³-hybridized carbons (Fsp3) is 0.304. The van der Waals surface area contributed by atoms with Crippen LogP contribution in [0.2, 0.25) is 0 Å². The molecule has 6 heteroatoms. The summed E-state index contributed by atoms with van der Waals surface area (Å²) in [6.45, 7) is 4.98. The topological polar surface area (TPSA) is 64.6 Å². The maximum atomic E-state index is 12.2. The molecule has 0 aliphatic heterocycles. The van der Waals surface area contributed by atoms with Crippen LogP contribution in [0.1, 0.15) is 49.0 Å². The van der Waals surface area contributed by atoms with Crippen molar-refractivity contribution in [3.05, 3.63) is 64.1 Å². The van der Waals surface area contributed by atoms with Crippen LogP contribution in [0.4, 0.5) is 5.69 Å². The molecule has 0 aliphatic rings. The van der Waals surface area contributed by atoms with Crippen LogP contribution in [-0.4, -0.2) is 25.1 Å². The van der Waals surface area contributed by atoms with Gasteiger partial charge in [0, 0.05) is 21.8 Å². The SMILES string of the molecule is CCCCCOC(=O)c1ccc(NC(=O)/C=C/c2cc(Br)ccc2OCC)cc1. The molecule has 0 saturated heterocycles. The number of carbonyl (C=O) groups excluding carboxylic acids is 2. The van der Waals surface area contributed by atoms with Crippen LogP contribution in [-0.2, 0) is 9.53 Å². The first kappa shape index (κ1) is 22.7. The molecule has 5 nitrogen and oxygen atoms in total. The van der Waals surface area contributed by atoms with Crippen LogP contribution in [0.5, 0.6) is 5.75 Å². The number of hydrogen-bond acceptors (Lipinski definition) is 4. The highest BCUT2D eigenvalue weighted by molar-refractivity contribution is 9.10. The molecule has 154 valence electrons. The van der Waals surface area contributed by atoms with Crippen molar-refractivity contribution < 1.29 is 19.1 Å². The van der Waals surface area contributed by atoms with Crippen LogP contribution in [0.3, 0.4) is 0 Å². The van der Waals surface area contributed by atoms with E-state index >= 15 is 0 Å². The Hall–Kier alpha value is -2.60. The molecule has 0 radical (unpaired) electrons. The zero-order chi connectivity index (χ0) is 21.1. The minimum Gasteiger partial charge on any atom is -0.493 e. The van der Waals surface area contributed by atoms with Crippen molar-refractivity contribution in [1.29, 1.82) is 0 Å². The van der Waals surface area contributed by atoms with Gasteiger partial charge in [0.25, 0.3) is 0 Å². The highest BCUT2D eigenvalue weighted by Gasteiger charge is 2.07. The van der Waals surface area contributed by atoms with Gasteiger partial charge >= 0.3 is 5.97 Å². The molecule has 0 atom stereocenters. The third kappa shape index (κ3) is 7.74. The van der Waals surface area contributed by atoms with E-state index in [0.717, 1.165) is 29.3 Å². The Morgan fingerprint density at radius 1 is 1.07 bits per heavy atom. The number of anilines is 1. The van der Waals surface area contributed by atoms with Gasteiger partial charge in [0.15, 0.2) is 0 Å². The molecule has 2 rings (SSSR count). The van der Waals surface area contributed by atoms with Gasteiger partial charge in [-0.2, -0.15) is 0 Å². The molecule has 2 aromatic rings. The van der Waals surface area contributed by atoms with E-state index in [1.165, 1.54) is 6.08 Å². The molecule has 0 fully saturated rings. The number of nitrogens with one attached hydrogen (secondary N) is 1. The molecule has 1 amide bonds. The fourth-order valence-corrected chi connectivity index (χ4v) is 2.95. The number of halogens is 1. The molecular weight excluding hydrogens is 434 g/mol. The van der Waals surface area contributed by atoms with Crippen LogP contribution in [0.15, 0.2) is 53.0 Å². The molecule has 0 spiro atoms. The Kier molecular flexibility index (Phi) is 9.44. The van der Waals surface area contributed by atoms with Gasteiger partial charge in [-0.1, -0.05) is 35.7 Å². The zero-order valence-corrected chi connectivity index (χ0v) is 18.3. The second-order valence-corrected chi connectivity index (χ2v) is 7.27. The average Bonchev–Trinajstić information content (AvgIpc) is 2.72. The van der Waals surface area contributed by atoms with Gasteiger partial charge in [-0.25, -0.2) is 4.79 Å². The van der Waals surface area contributed by atoms with Gasteiger partial charge in [-0.3, -0.25) is 4.79 Å². The first-order valence-electron chi connectivity index (χ1n) is 9.72. The number of ether oxygens (including phenoxy) is 2. The zero-order valence-electron chi connectivity index (χ0n) is 16.7. The molecule has 0 heterocycles. The molecule has 0 aromatic heterocycles. The minimum absolute atomic E-state index is 0.276. The van der Waals surface area contributed by atoms with E-state index in [4.69, 9.17) is 9.47 Å². The lowest BCUT2D eigenvalue weighted by atomic mass is 10.2. The van der Waals surface area contributed by atoms with Crippen molar-refractivity contribution in [2.24, 2.45) is 0 Å². The lowest BCUT2D eigenvalue weighted by Gasteiger charge is -2.08. The Morgan fingerprint density at radius 3 is 2.52 bits per heavy atom. The van der Waals surface area contributed by atoms with Crippen molar-refractivity contribution in [2.45, 2.75) is 33.1 Å². The quantitative estimate of drug-likeness (QED) is 0.275. The highest BCUT2D eigenvalue weighted by Crippen LogP contribution is 2.24. The molecule has 0 unspecified atom stereocenters. The van der Waals surface area contributed by atoms with Gasteiger partial charge < -0.3 is 14.8 Å². The summed E-state index contributed by atoms with van der Waals surface area (Å²) >= 11 is 3.42. The number of hydrogen-bond donors (Lipinski definition) is 1.